The summed E-state index contributed by atoms with van der Waals surface area (Å²) in [7, 11) is 1.62. The average molecular weight is 225 g/mol. The highest BCUT2D eigenvalue weighted by molar-refractivity contribution is 5.76. The minimum Gasteiger partial charge on any atom is -0.481 e. The predicted octanol–water partition coefficient (Wildman–Crippen LogP) is 2.40. The van der Waals surface area contributed by atoms with Gasteiger partial charge in [0.25, 0.3) is 0 Å². The molecule has 0 aliphatic heterocycles. The number of benzene rings is 1. The molecule has 0 aliphatic carbocycles. The smallest absolute Gasteiger partial charge is 0.216 e. The van der Waals surface area contributed by atoms with Crippen molar-refractivity contribution in [1.29, 1.82) is 0 Å². The van der Waals surface area contributed by atoms with Crippen LogP contribution in [-0.4, -0.2) is 21.9 Å². The second-order valence-corrected chi connectivity index (χ2v) is 3.67. The highest BCUT2D eigenvalue weighted by Crippen LogP contribution is 2.24. The van der Waals surface area contributed by atoms with Gasteiger partial charge in [-0.2, -0.15) is 4.52 Å². The van der Waals surface area contributed by atoms with Crippen LogP contribution in [0.5, 0.6) is 5.88 Å². The third-order valence-corrected chi connectivity index (χ3v) is 2.66. The van der Waals surface area contributed by atoms with Crippen LogP contribution in [0, 0.1) is 0 Å². The Bertz CT molecular complexity index is 646. The molecule has 84 valence electrons. The lowest BCUT2D eigenvalue weighted by Gasteiger charge is -2.01. The minimum atomic E-state index is 0.678. The molecule has 0 N–H and O–H groups in total. The van der Waals surface area contributed by atoms with Gasteiger partial charge < -0.3 is 4.74 Å². The first-order valence-electron chi connectivity index (χ1n) is 5.34. The van der Waals surface area contributed by atoms with E-state index in [1.807, 2.05) is 48.5 Å². The van der Waals surface area contributed by atoms with E-state index < -0.39 is 0 Å². The van der Waals surface area contributed by atoms with Gasteiger partial charge in [-0.1, -0.05) is 41.6 Å². The van der Waals surface area contributed by atoms with Crippen LogP contribution in [0.2, 0.25) is 0 Å². The van der Waals surface area contributed by atoms with Gasteiger partial charge in [0.1, 0.15) is 5.69 Å². The molecule has 0 radical (unpaired) electrons. The zero-order valence-electron chi connectivity index (χ0n) is 9.37. The van der Waals surface area contributed by atoms with Crippen molar-refractivity contribution in [3.8, 4) is 17.1 Å². The van der Waals surface area contributed by atoms with Crippen LogP contribution in [-0.2, 0) is 0 Å². The van der Waals surface area contributed by atoms with Crippen molar-refractivity contribution in [2.24, 2.45) is 0 Å². The molecule has 0 saturated heterocycles. The maximum atomic E-state index is 5.24. The lowest BCUT2D eigenvalue weighted by molar-refractivity contribution is 0.384. The summed E-state index contributed by atoms with van der Waals surface area (Å²) in [6.07, 6.45) is 0. The topological polar surface area (TPSA) is 39.4 Å². The number of hydrogen-bond acceptors (Lipinski definition) is 3. The van der Waals surface area contributed by atoms with Crippen LogP contribution in [0.3, 0.4) is 0 Å². The van der Waals surface area contributed by atoms with E-state index in [2.05, 4.69) is 10.3 Å². The molecule has 17 heavy (non-hydrogen) atoms. The van der Waals surface area contributed by atoms with Crippen molar-refractivity contribution in [3.63, 3.8) is 0 Å². The lowest BCUT2D eigenvalue weighted by Crippen LogP contribution is -1.94. The summed E-state index contributed by atoms with van der Waals surface area (Å²) in [5, 5.41) is 8.31. The zero-order valence-corrected chi connectivity index (χ0v) is 9.37. The van der Waals surface area contributed by atoms with Crippen LogP contribution in [0.15, 0.2) is 48.5 Å². The molecule has 4 nitrogen and oxygen atoms in total. The minimum absolute atomic E-state index is 0.678. The van der Waals surface area contributed by atoms with Gasteiger partial charge in [-0.3, -0.25) is 0 Å². The van der Waals surface area contributed by atoms with E-state index in [-0.39, 0.29) is 0 Å². The Morgan fingerprint density at radius 3 is 2.59 bits per heavy atom. The van der Waals surface area contributed by atoms with Crippen LogP contribution in [0.4, 0.5) is 0 Å². The van der Waals surface area contributed by atoms with E-state index >= 15 is 0 Å². The number of ether oxygens (including phenoxy) is 1. The van der Waals surface area contributed by atoms with E-state index in [1.165, 1.54) is 0 Å². The summed E-state index contributed by atoms with van der Waals surface area (Å²) in [6, 6.07) is 15.8. The fourth-order valence-electron chi connectivity index (χ4n) is 1.85. The van der Waals surface area contributed by atoms with Gasteiger partial charge in [-0.25, -0.2) is 0 Å². The molecule has 0 aliphatic rings. The van der Waals surface area contributed by atoms with Gasteiger partial charge in [0.2, 0.25) is 5.88 Å². The van der Waals surface area contributed by atoms with E-state index in [0.717, 1.165) is 16.8 Å². The third-order valence-electron chi connectivity index (χ3n) is 2.66. The summed E-state index contributed by atoms with van der Waals surface area (Å²) in [5.74, 6) is 0.678. The Morgan fingerprint density at radius 2 is 1.82 bits per heavy atom. The molecule has 4 heteroatoms. The van der Waals surface area contributed by atoms with Crippen molar-refractivity contribution in [2.75, 3.05) is 7.11 Å². The second kappa shape index (κ2) is 3.90. The van der Waals surface area contributed by atoms with Crippen molar-refractivity contribution < 1.29 is 4.74 Å². The molecular formula is C13H11N3O. The van der Waals surface area contributed by atoms with Crippen LogP contribution in [0.1, 0.15) is 0 Å². The Hall–Kier alpha value is -2.36. The van der Waals surface area contributed by atoms with Crippen LogP contribution >= 0.6 is 0 Å². The average Bonchev–Trinajstić information content (AvgIpc) is 2.83. The number of rotatable bonds is 2. The van der Waals surface area contributed by atoms with Crippen molar-refractivity contribution in [3.05, 3.63) is 48.5 Å². The van der Waals surface area contributed by atoms with Gasteiger partial charge in [0, 0.05) is 11.6 Å². The maximum absolute atomic E-state index is 5.24. The molecule has 0 unspecified atom stereocenters. The van der Waals surface area contributed by atoms with Crippen LogP contribution < -0.4 is 4.74 Å². The number of pyridine rings is 1. The molecule has 0 atom stereocenters. The van der Waals surface area contributed by atoms with Crippen LogP contribution in [0.25, 0.3) is 16.8 Å². The molecular weight excluding hydrogens is 214 g/mol. The number of hydrogen-bond donors (Lipinski definition) is 0. The highest BCUT2D eigenvalue weighted by atomic mass is 16.5. The van der Waals surface area contributed by atoms with Crippen molar-refractivity contribution in [2.45, 2.75) is 0 Å². The molecule has 3 aromatic rings. The second-order valence-electron chi connectivity index (χ2n) is 3.67. The quantitative estimate of drug-likeness (QED) is 0.672. The van der Waals surface area contributed by atoms with E-state index in [0.29, 0.717) is 5.88 Å². The lowest BCUT2D eigenvalue weighted by atomic mass is 10.1. The maximum Gasteiger partial charge on any atom is 0.216 e. The van der Waals surface area contributed by atoms with Crippen molar-refractivity contribution in [1.82, 2.24) is 14.8 Å². The fraction of sp³-hybridized carbons (Fsp3) is 0.0769. The van der Waals surface area contributed by atoms with E-state index in [4.69, 9.17) is 4.74 Å². The summed E-state index contributed by atoms with van der Waals surface area (Å²) >= 11 is 0. The number of nitrogens with zero attached hydrogens (tertiary/aromatic N) is 3. The normalized spacial score (nSPS) is 10.6. The van der Waals surface area contributed by atoms with Gasteiger partial charge >= 0.3 is 0 Å². The first-order chi connectivity index (χ1) is 8.40. The number of aromatic nitrogens is 3. The molecule has 0 fully saturated rings. The van der Waals surface area contributed by atoms with Crippen molar-refractivity contribution >= 4 is 5.52 Å². The molecule has 0 amide bonds. The van der Waals surface area contributed by atoms with Gasteiger partial charge in [0.05, 0.1) is 12.6 Å². The summed E-state index contributed by atoms with van der Waals surface area (Å²) in [5.41, 5.74) is 2.86. The summed E-state index contributed by atoms with van der Waals surface area (Å²) < 4.78 is 6.93. The van der Waals surface area contributed by atoms with Gasteiger partial charge in [-0.15, -0.1) is 5.10 Å². The fourth-order valence-corrected chi connectivity index (χ4v) is 1.85. The Balaban J connectivity index is 2.26. The third kappa shape index (κ3) is 1.54. The number of methoxy groups -OCH3 is 1. The SMILES string of the molecule is COc1cccc2c(-c3ccccc3)nnn12. The van der Waals surface area contributed by atoms with E-state index in [9.17, 15) is 0 Å². The summed E-state index contributed by atoms with van der Waals surface area (Å²) in [6.45, 7) is 0. The standard InChI is InChI=1S/C13H11N3O/c1-17-12-9-5-8-11-13(14-15-16(11)12)10-6-3-2-4-7-10/h2-9H,1H3. The monoisotopic (exact) mass is 225 g/mol. The van der Waals surface area contributed by atoms with Gasteiger partial charge in [-0.05, 0) is 6.07 Å². The largest absolute Gasteiger partial charge is 0.481 e. The zero-order chi connectivity index (χ0) is 11.7. The summed E-state index contributed by atoms with van der Waals surface area (Å²) in [4.78, 5) is 0. The molecule has 1 aromatic carbocycles. The van der Waals surface area contributed by atoms with E-state index in [1.54, 1.807) is 11.6 Å². The molecule has 0 bridgehead atoms. The molecule has 2 aromatic heterocycles. The Morgan fingerprint density at radius 1 is 1.00 bits per heavy atom. The number of fused-ring (bicyclic) bond motifs is 1. The molecule has 3 rings (SSSR count). The molecule has 2 heterocycles. The molecule has 0 spiro atoms. The van der Waals surface area contributed by atoms with Gasteiger partial charge in [0.15, 0.2) is 0 Å². The first-order valence-corrected chi connectivity index (χ1v) is 5.34. The highest BCUT2D eigenvalue weighted by Gasteiger charge is 2.10. The predicted molar refractivity (Wildman–Crippen MR) is 65.0 cm³/mol. The Labute approximate surface area is 98.5 Å². The first kappa shape index (κ1) is 9.84. The Kier molecular flexibility index (Phi) is 2.26. The molecule has 0 saturated carbocycles.